The average molecular weight is 316 g/mol. The quantitative estimate of drug-likeness (QED) is 0.801. The molecule has 1 amide bonds. The Labute approximate surface area is 135 Å². The molecule has 0 saturated carbocycles. The van der Waals surface area contributed by atoms with E-state index in [1.807, 2.05) is 6.92 Å². The lowest BCUT2D eigenvalue weighted by atomic mass is 10.1. The zero-order valence-corrected chi connectivity index (χ0v) is 13.4. The highest BCUT2D eigenvalue weighted by atomic mass is 16.5. The standard InChI is InChI=1S/C17H20N2O4/c1-4-23-12-5-6-16(15(18)10-12)19-17(20)11-7-13(21-2)9-14(8-11)22-3/h5-10H,4,18H2,1-3H3,(H,19,20). The molecule has 0 aliphatic heterocycles. The summed E-state index contributed by atoms with van der Waals surface area (Å²) in [5.74, 6) is 1.42. The van der Waals surface area contributed by atoms with Gasteiger partial charge in [-0.1, -0.05) is 0 Å². The molecule has 23 heavy (non-hydrogen) atoms. The third-order valence-corrected chi connectivity index (χ3v) is 3.20. The van der Waals surface area contributed by atoms with Crippen LogP contribution in [0, 0.1) is 0 Å². The van der Waals surface area contributed by atoms with Crippen molar-refractivity contribution in [3.05, 3.63) is 42.0 Å². The molecule has 0 unspecified atom stereocenters. The van der Waals surface area contributed by atoms with Crippen LogP contribution in [0.1, 0.15) is 17.3 Å². The first kappa shape index (κ1) is 16.5. The molecule has 0 saturated heterocycles. The molecular weight excluding hydrogens is 296 g/mol. The summed E-state index contributed by atoms with van der Waals surface area (Å²) in [6.07, 6.45) is 0. The highest BCUT2D eigenvalue weighted by Crippen LogP contribution is 2.27. The van der Waals surface area contributed by atoms with E-state index in [2.05, 4.69) is 5.32 Å². The number of hydrogen-bond acceptors (Lipinski definition) is 5. The lowest BCUT2D eigenvalue weighted by Gasteiger charge is -2.12. The van der Waals surface area contributed by atoms with Crippen molar-refractivity contribution in [3.8, 4) is 17.2 Å². The fourth-order valence-electron chi connectivity index (χ4n) is 2.04. The molecule has 2 aromatic rings. The van der Waals surface area contributed by atoms with Crippen LogP contribution in [-0.2, 0) is 0 Å². The van der Waals surface area contributed by atoms with Crippen LogP contribution < -0.4 is 25.3 Å². The van der Waals surface area contributed by atoms with E-state index in [4.69, 9.17) is 19.9 Å². The highest BCUT2D eigenvalue weighted by Gasteiger charge is 2.12. The predicted molar refractivity (Wildman–Crippen MR) is 89.5 cm³/mol. The molecule has 0 atom stereocenters. The Morgan fingerprint density at radius 1 is 1.04 bits per heavy atom. The molecule has 0 aromatic heterocycles. The zero-order chi connectivity index (χ0) is 16.8. The van der Waals surface area contributed by atoms with Gasteiger partial charge in [0.05, 0.1) is 32.2 Å². The summed E-state index contributed by atoms with van der Waals surface area (Å²) in [4.78, 5) is 12.4. The van der Waals surface area contributed by atoms with Crippen molar-refractivity contribution in [1.82, 2.24) is 0 Å². The molecule has 0 fully saturated rings. The van der Waals surface area contributed by atoms with E-state index in [0.717, 1.165) is 0 Å². The SMILES string of the molecule is CCOc1ccc(NC(=O)c2cc(OC)cc(OC)c2)c(N)c1. The van der Waals surface area contributed by atoms with Crippen molar-refractivity contribution in [2.45, 2.75) is 6.92 Å². The molecule has 0 radical (unpaired) electrons. The molecular formula is C17H20N2O4. The number of amides is 1. The lowest BCUT2D eigenvalue weighted by molar-refractivity contribution is 0.102. The van der Waals surface area contributed by atoms with E-state index in [-0.39, 0.29) is 5.91 Å². The predicted octanol–water partition coefficient (Wildman–Crippen LogP) is 2.94. The van der Waals surface area contributed by atoms with Crippen molar-refractivity contribution in [2.75, 3.05) is 31.9 Å². The summed E-state index contributed by atoms with van der Waals surface area (Å²) >= 11 is 0. The van der Waals surface area contributed by atoms with Crippen molar-refractivity contribution < 1.29 is 19.0 Å². The van der Waals surface area contributed by atoms with Gasteiger partial charge in [0.1, 0.15) is 17.2 Å². The van der Waals surface area contributed by atoms with Crippen LogP contribution in [0.2, 0.25) is 0 Å². The fraction of sp³-hybridized carbons (Fsp3) is 0.235. The van der Waals surface area contributed by atoms with Gasteiger partial charge in [0.25, 0.3) is 5.91 Å². The van der Waals surface area contributed by atoms with E-state index >= 15 is 0 Å². The molecule has 0 heterocycles. The van der Waals surface area contributed by atoms with Crippen molar-refractivity contribution in [2.24, 2.45) is 0 Å². The minimum Gasteiger partial charge on any atom is -0.497 e. The number of carbonyl (C=O) groups excluding carboxylic acids is 1. The second kappa shape index (κ2) is 7.40. The maximum atomic E-state index is 12.4. The molecule has 0 spiro atoms. The summed E-state index contributed by atoms with van der Waals surface area (Å²) in [6, 6.07) is 10.1. The van der Waals surface area contributed by atoms with E-state index in [1.54, 1.807) is 36.4 Å². The van der Waals surface area contributed by atoms with Crippen LogP contribution in [0.5, 0.6) is 17.2 Å². The van der Waals surface area contributed by atoms with Gasteiger partial charge in [-0.3, -0.25) is 4.79 Å². The number of hydrogen-bond donors (Lipinski definition) is 2. The number of benzene rings is 2. The van der Waals surface area contributed by atoms with Gasteiger partial charge >= 0.3 is 0 Å². The number of nitrogens with one attached hydrogen (secondary N) is 1. The summed E-state index contributed by atoms with van der Waals surface area (Å²) in [6.45, 7) is 2.44. The largest absolute Gasteiger partial charge is 0.497 e. The Balaban J connectivity index is 2.22. The van der Waals surface area contributed by atoms with E-state index in [1.165, 1.54) is 14.2 Å². The summed E-state index contributed by atoms with van der Waals surface area (Å²) < 4.78 is 15.7. The molecule has 6 nitrogen and oxygen atoms in total. The van der Waals surface area contributed by atoms with E-state index < -0.39 is 0 Å². The Morgan fingerprint density at radius 3 is 2.22 bits per heavy atom. The number of methoxy groups -OCH3 is 2. The highest BCUT2D eigenvalue weighted by molar-refractivity contribution is 6.06. The second-order valence-corrected chi connectivity index (χ2v) is 4.74. The van der Waals surface area contributed by atoms with Crippen molar-refractivity contribution >= 4 is 17.3 Å². The smallest absolute Gasteiger partial charge is 0.255 e. The van der Waals surface area contributed by atoms with Crippen LogP contribution in [0.3, 0.4) is 0 Å². The minimum atomic E-state index is -0.307. The van der Waals surface area contributed by atoms with Gasteiger partial charge in [-0.05, 0) is 31.2 Å². The van der Waals surface area contributed by atoms with Gasteiger partial charge in [0.15, 0.2) is 0 Å². The molecule has 2 aromatic carbocycles. The first-order chi connectivity index (χ1) is 11.1. The van der Waals surface area contributed by atoms with E-state index in [0.29, 0.717) is 40.8 Å². The zero-order valence-electron chi connectivity index (χ0n) is 13.4. The van der Waals surface area contributed by atoms with Gasteiger partial charge in [0.2, 0.25) is 0 Å². The molecule has 0 aliphatic rings. The first-order valence-corrected chi connectivity index (χ1v) is 7.14. The third-order valence-electron chi connectivity index (χ3n) is 3.20. The van der Waals surface area contributed by atoms with Crippen LogP contribution in [0.15, 0.2) is 36.4 Å². The Bertz CT molecular complexity index is 679. The van der Waals surface area contributed by atoms with Crippen molar-refractivity contribution in [1.29, 1.82) is 0 Å². The monoisotopic (exact) mass is 316 g/mol. The summed E-state index contributed by atoms with van der Waals surface area (Å²) in [5, 5.41) is 2.77. The normalized spacial score (nSPS) is 10.0. The minimum absolute atomic E-state index is 0.307. The van der Waals surface area contributed by atoms with Gasteiger partial charge in [0, 0.05) is 17.7 Å². The fourth-order valence-corrected chi connectivity index (χ4v) is 2.04. The lowest BCUT2D eigenvalue weighted by Crippen LogP contribution is -2.13. The maximum Gasteiger partial charge on any atom is 0.255 e. The van der Waals surface area contributed by atoms with Crippen LogP contribution in [0.25, 0.3) is 0 Å². The number of carbonyl (C=O) groups is 1. The molecule has 3 N–H and O–H groups in total. The van der Waals surface area contributed by atoms with Crippen LogP contribution >= 0.6 is 0 Å². The molecule has 2 rings (SSSR count). The Hall–Kier alpha value is -2.89. The summed E-state index contributed by atoms with van der Waals surface area (Å²) in [5.41, 5.74) is 7.30. The number of anilines is 2. The Morgan fingerprint density at radius 2 is 1.70 bits per heavy atom. The molecule has 122 valence electrons. The summed E-state index contributed by atoms with van der Waals surface area (Å²) in [7, 11) is 3.06. The maximum absolute atomic E-state index is 12.4. The molecule has 0 aliphatic carbocycles. The third kappa shape index (κ3) is 4.06. The number of rotatable bonds is 6. The number of nitrogens with two attached hydrogens (primary N) is 1. The Kier molecular flexibility index (Phi) is 5.30. The van der Waals surface area contributed by atoms with E-state index in [9.17, 15) is 4.79 Å². The van der Waals surface area contributed by atoms with Gasteiger partial charge in [-0.2, -0.15) is 0 Å². The van der Waals surface area contributed by atoms with Gasteiger partial charge < -0.3 is 25.3 Å². The van der Waals surface area contributed by atoms with Gasteiger partial charge in [-0.25, -0.2) is 0 Å². The second-order valence-electron chi connectivity index (χ2n) is 4.74. The number of ether oxygens (including phenoxy) is 3. The molecule has 6 heteroatoms. The topological polar surface area (TPSA) is 82.8 Å². The average Bonchev–Trinajstić information content (AvgIpc) is 2.57. The molecule has 0 bridgehead atoms. The first-order valence-electron chi connectivity index (χ1n) is 7.14. The number of nitrogen functional groups attached to an aromatic ring is 1. The van der Waals surface area contributed by atoms with Crippen molar-refractivity contribution in [3.63, 3.8) is 0 Å². The van der Waals surface area contributed by atoms with Crippen LogP contribution in [0.4, 0.5) is 11.4 Å². The van der Waals surface area contributed by atoms with Gasteiger partial charge in [-0.15, -0.1) is 0 Å². The van der Waals surface area contributed by atoms with Crippen LogP contribution in [-0.4, -0.2) is 26.7 Å².